The maximum atomic E-state index is 14.1. The van der Waals surface area contributed by atoms with Crippen molar-refractivity contribution in [3.8, 4) is 22.3 Å². The maximum Gasteiger partial charge on any atom is 0.425 e. The van der Waals surface area contributed by atoms with Gasteiger partial charge in [-0.25, -0.2) is 0 Å². The number of Topliss-reactive ketones (excluding diaryl/α,β-unsaturated/α-hetero) is 1. The lowest BCUT2D eigenvalue weighted by atomic mass is 9.88. The van der Waals surface area contributed by atoms with Crippen molar-refractivity contribution in [1.29, 1.82) is 0 Å². The molecule has 1 unspecified atom stereocenters. The van der Waals surface area contributed by atoms with Crippen LogP contribution in [0.2, 0.25) is 0 Å². The van der Waals surface area contributed by atoms with Gasteiger partial charge in [0.25, 0.3) is 0 Å². The zero-order chi connectivity index (χ0) is 21.0. The minimum absolute atomic E-state index is 0.00548. The van der Waals surface area contributed by atoms with Crippen molar-refractivity contribution in [1.82, 2.24) is 9.78 Å². The number of aromatic nitrogens is 2. The predicted octanol–water partition coefficient (Wildman–Crippen LogP) is 4.62. The molecule has 1 N–H and O–H groups in total. The third-order valence-corrected chi connectivity index (χ3v) is 5.35. The van der Waals surface area contributed by atoms with Gasteiger partial charge in [-0.3, -0.25) is 9.48 Å². The summed E-state index contributed by atoms with van der Waals surface area (Å²) in [6, 6.07) is 9.20. The molecular formula is C22H19F3N2O2. The lowest BCUT2D eigenvalue weighted by Crippen LogP contribution is -2.41. The molecule has 1 aromatic heterocycles. The van der Waals surface area contributed by atoms with E-state index in [0.717, 1.165) is 0 Å². The molecule has 0 saturated heterocycles. The Kier molecular flexibility index (Phi) is 4.38. The van der Waals surface area contributed by atoms with Gasteiger partial charge in [0.15, 0.2) is 5.78 Å². The molecule has 4 nitrogen and oxygen atoms in total. The van der Waals surface area contributed by atoms with Crippen LogP contribution in [0, 0.1) is 6.92 Å². The predicted molar refractivity (Wildman–Crippen MR) is 102 cm³/mol. The summed E-state index contributed by atoms with van der Waals surface area (Å²) >= 11 is 0. The summed E-state index contributed by atoms with van der Waals surface area (Å²) in [4.78, 5) is 11.7. The molecule has 0 bridgehead atoms. The quantitative estimate of drug-likeness (QED) is 0.696. The molecule has 0 aliphatic heterocycles. The first-order valence-corrected chi connectivity index (χ1v) is 9.25. The first-order chi connectivity index (χ1) is 13.7. The second kappa shape index (κ2) is 6.56. The van der Waals surface area contributed by atoms with Gasteiger partial charge in [-0.15, -0.1) is 0 Å². The molecule has 0 fully saturated rings. The van der Waals surface area contributed by atoms with Gasteiger partial charge in [0.1, 0.15) is 0 Å². The fourth-order valence-corrected chi connectivity index (χ4v) is 3.94. The van der Waals surface area contributed by atoms with Gasteiger partial charge in [0.05, 0.1) is 12.7 Å². The summed E-state index contributed by atoms with van der Waals surface area (Å²) in [6.45, 7) is 3.55. The number of fused-ring (bicyclic) bond motifs is 3. The van der Waals surface area contributed by atoms with E-state index in [1.165, 1.54) is 29.1 Å². The SMILES string of the molecule is CCC(=O)Cn1cc(-c2cc(C)cc3c2-c2ccccc2C3(O)C(F)(F)F)cn1. The molecule has 0 spiro atoms. The topological polar surface area (TPSA) is 55.1 Å². The number of nitrogens with zero attached hydrogens (tertiary/aromatic N) is 2. The number of halogens is 3. The normalized spacial score (nSPS) is 17.9. The van der Waals surface area contributed by atoms with Crippen molar-refractivity contribution in [2.75, 3.05) is 0 Å². The van der Waals surface area contributed by atoms with Crippen LogP contribution in [0.15, 0.2) is 48.8 Å². The number of hydrogen-bond donors (Lipinski definition) is 1. The Morgan fingerprint density at radius 2 is 1.90 bits per heavy atom. The number of alkyl halides is 3. The highest BCUT2D eigenvalue weighted by Crippen LogP contribution is 2.57. The van der Waals surface area contributed by atoms with Crippen LogP contribution in [0.3, 0.4) is 0 Å². The van der Waals surface area contributed by atoms with E-state index < -0.39 is 11.8 Å². The molecule has 7 heteroatoms. The lowest BCUT2D eigenvalue weighted by Gasteiger charge is -2.28. The van der Waals surface area contributed by atoms with E-state index in [1.54, 1.807) is 38.2 Å². The van der Waals surface area contributed by atoms with Crippen LogP contribution in [0.5, 0.6) is 0 Å². The van der Waals surface area contributed by atoms with Gasteiger partial charge < -0.3 is 5.11 Å². The number of benzene rings is 2. The van der Waals surface area contributed by atoms with Gasteiger partial charge in [-0.1, -0.05) is 48.9 Å². The van der Waals surface area contributed by atoms with Crippen LogP contribution in [0.4, 0.5) is 13.2 Å². The van der Waals surface area contributed by atoms with Gasteiger partial charge >= 0.3 is 6.18 Å². The molecule has 0 radical (unpaired) electrons. The number of carbonyl (C=O) groups excluding carboxylic acids is 1. The molecular weight excluding hydrogens is 381 g/mol. The summed E-state index contributed by atoms with van der Waals surface area (Å²) < 4.78 is 43.6. The molecule has 1 heterocycles. The molecule has 1 aliphatic rings. The fraction of sp³-hybridized carbons (Fsp3) is 0.273. The van der Waals surface area contributed by atoms with Crippen molar-refractivity contribution < 1.29 is 23.1 Å². The Morgan fingerprint density at radius 1 is 1.17 bits per heavy atom. The van der Waals surface area contributed by atoms with Crippen molar-refractivity contribution in [2.45, 2.75) is 38.6 Å². The van der Waals surface area contributed by atoms with Crippen molar-refractivity contribution >= 4 is 5.78 Å². The zero-order valence-electron chi connectivity index (χ0n) is 15.9. The Balaban J connectivity index is 1.96. The Labute approximate surface area is 165 Å². The molecule has 150 valence electrons. The van der Waals surface area contributed by atoms with Crippen LogP contribution in [-0.2, 0) is 16.9 Å². The first kappa shape index (κ1) is 19.4. The van der Waals surface area contributed by atoms with E-state index in [4.69, 9.17) is 0 Å². The minimum Gasteiger partial charge on any atom is -0.372 e. The zero-order valence-corrected chi connectivity index (χ0v) is 15.9. The highest BCUT2D eigenvalue weighted by molar-refractivity contribution is 5.92. The van der Waals surface area contributed by atoms with E-state index in [0.29, 0.717) is 34.2 Å². The number of hydrogen-bond acceptors (Lipinski definition) is 3. The van der Waals surface area contributed by atoms with Crippen LogP contribution in [0.1, 0.15) is 30.0 Å². The molecule has 3 aromatic rings. The summed E-state index contributed by atoms with van der Waals surface area (Å²) in [6.07, 6.45) is -1.32. The largest absolute Gasteiger partial charge is 0.425 e. The summed E-state index contributed by atoms with van der Waals surface area (Å²) in [5, 5.41) is 15.1. The maximum absolute atomic E-state index is 14.1. The lowest BCUT2D eigenvalue weighted by molar-refractivity contribution is -0.246. The second-order valence-corrected chi connectivity index (χ2v) is 7.31. The van der Waals surface area contributed by atoms with Crippen LogP contribution >= 0.6 is 0 Å². The third-order valence-electron chi connectivity index (χ3n) is 5.35. The van der Waals surface area contributed by atoms with E-state index in [1.807, 2.05) is 0 Å². The number of ketones is 1. The Bertz CT molecular complexity index is 1120. The van der Waals surface area contributed by atoms with Crippen molar-refractivity contribution in [3.05, 3.63) is 65.5 Å². The summed E-state index contributed by atoms with van der Waals surface area (Å²) in [5.41, 5.74) is -1.03. The van der Waals surface area contributed by atoms with Crippen molar-refractivity contribution in [2.24, 2.45) is 0 Å². The number of aryl methyl sites for hydroxylation is 1. The van der Waals surface area contributed by atoms with Crippen LogP contribution < -0.4 is 0 Å². The highest BCUT2D eigenvalue weighted by atomic mass is 19.4. The fourth-order valence-electron chi connectivity index (χ4n) is 3.94. The molecule has 0 saturated carbocycles. The van der Waals surface area contributed by atoms with Crippen LogP contribution in [-0.4, -0.2) is 26.8 Å². The van der Waals surface area contributed by atoms with Gasteiger partial charge in [-0.05, 0) is 23.6 Å². The van der Waals surface area contributed by atoms with E-state index in [2.05, 4.69) is 5.10 Å². The smallest absolute Gasteiger partial charge is 0.372 e. The van der Waals surface area contributed by atoms with Gasteiger partial charge in [-0.2, -0.15) is 18.3 Å². The van der Waals surface area contributed by atoms with Gasteiger partial charge in [0, 0.05) is 29.3 Å². The van der Waals surface area contributed by atoms with E-state index in [-0.39, 0.29) is 23.5 Å². The minimum atomic E-state index is -4.88. The molecule has 0 amide bonds. The molecule has 4 rings (SSSR count). The monoisotopic (exact) mass is 400 g/mol. The second-order valence-electron chi connectivity index (χ2n) is 7.31. The van der Waals surface area contributed by atoms with Crippen LogP contribution in [0.25, 0.3) is 22.3 Å². The van der Waals surface area contributed by atoms with Crippen molar-refractivity contribution in [3.63, 3.8) is 0 Å². The summed E-state index contributed by atoms with van der Waals surface area (Å²) in [5.74, 6) is 0.00548. The molecule has 1 atom stereocenters. The number of aliphatic hydroxyl groups is 1. The molecule has 1 aliphatic carbocycles. The van der Waals surface area contributed by atoms with E-state index >= 15 is 0 Å². The molecule has 29 heavy (non-hydrogen) atoms. The third kappa shape index (κ3) is 2.88. The Hall–Kier alpha value is -2.93. The molecule has 2 aromatic carbocycles. The first-order valence-electron chi connectivity index (χ1n) is 9.25. The summed E-state index contributed by atoms with van der Waals surface area (Å²) in [7, 11) is 0. The number of carbonyl (C=O) groups is 1. The van der Waals surface area contributed by atoms with E-state index in [9.17, 15) is 23.1 Å². The van der Waals surface area contributed by atoms with Gasteiger partial charge in [0.2, 0.25) is 5.60 Å². The standard InChI is InChI=1S/C22H19F3N2O2/c1-3-15(28)12-27-11-14(10-26-27)17-8-13(2)9-19-20(17)16-6-4-5-7-18(16)21(19,29)22(23,24)25/h4-11,29H,3,12H2,1-2H3. The number of rotatable bonds is 4. The Morgan fingerprint density at radius 3 is 2.59 bits per heavy atom. The average Bonchev–Trinajstić information content (AvgIpc) is 3.23. The highest BCUT2D eigenvalue weighted by Gasteiger charge is 2.61. The average molecular weight is 400 g/mol.